The van der Waals surface area contributed by atoms with Crippen LogP contribution < -0.4 is 5.32 Å². The Morgan fingerprint density at radius 2 is 2.19 bits per heavy atom. The molecule has 2 heterocycles. The fourth-order valence-corrected chi connectivity index (χ4v) is 5.75. The molecule has 6 heteroatoms. The van der Waals surface area contributed by atoms with E-state index in [-0.39, 0.29) is 6.04 Å². The Kier molecular flexibility index (Phi) is 6.22. The maximum atomic E-state index is 12.8. The fourth-order valence-electron chi connectivity index (χ4n) is 2.71. The lowest BCUT2D eigenvalue weighted by Crippen LogP contribution is -2.37. The zero-order valence-corrected chi connectivity index (χ0v) is 14.6. The third kappa shape index (κ3) is 4.28. The van der Waals surface area contributed by atoms with Crippen molar-refractivity contribution < 1.29 is 8.42 Å². The van der Waals surface area contributed by atoms with Crippen molar-refractivity contribution in [2.45, 2.75) is 62.7 Å². The maximum Gasteiger partial charge on any atom is 0.252 e. The summed E-state index contributed by atoms with van der Waals surface area (Å²) >= 11 is 1.35. The second-order valence-corrected chi connectivity index (χ2v) is 8.79. The summed E-state index contributed by atoms with van der Waals surface area (Å²) in [4.78, 5) is 0. The molecule has 1 atom stereocenters. The highest BCUT2D eigenvalue weighted by Gasteiger charge is 2.30. The first kappa shape index (κ1) is 16.9. The Morgan fingerprint density at radius 1 is 1.38 bits per heavy atom. The van der Waals surface area contributed by atoms with E-state index in [9.17, 15) is 8.42 Å². The predicted molar refractivity (Wildman–Crippen MR) is 88.1 cm³/mol. The van der Waals surface area contributed by atoms with Crippen LogP contribution in [0, 0.1) is 0 Å². The van der Waals surface area contributed by atoms with Crippen LogP contribution >= 0.6 is 11.3 Å². The molecule has 1 N–H and O–H groups in total. The lowest BCUT2D eigenvalue weighted by Gasteiger charge is -2.25. The Labute approximate surface area is 132 Å². The summed E-state index contributed by atoms with van der Waals surface area (Å²) in [5, 5.41) is 5.27. The van der Waals surface area contributed by atoms with Gasteiger partial charge in [0.05, 0.1) is 0 Å². The normalized spacial score (nSPS) is 21.3. The van der Waals surface area contributed by atoms with Crippen LogP contribution in [-0.2, 0) is 16.6 Å². The van der Waals surface area contributed by atoms with Crippen molar-refractivity contribution in [3.05, 3.63) is 17.0 Å². The van der Waals surface area contributed by atoms with Crippen LogP contribution in [0.15, 0.2) is 15.7 Å². The summed E-state index contributed by atoms with van der Waals surface area (Å²) in [5.74, 6) is 0. The van der Waals surface area contributed by atoms with Gasteiger partial charge in [-0.2, -0.15) is 4.31 Å². The average Bonchev–Trinajstić information content (AvgIpc) is 2.82. The number of hydrogen-bond donors (Lipinski definition) is 1. The molecular weight excluding hydrogens is 304 g/mol. The third-order valence-electron chi connectivity index (χ3n) is 3.94. The van der Waals surface area contributed by atoms with E-state index in [4.69, 9.17) is 0 Å². The van der Waals surface area contributed by atoms with Crippen LogP contribution in [-0.4, -0.2) is 31.9 Å². The predicted octanol–water partition coefficient (Wildman–Crippen LogP) is 3.20. The molecule has 1 aromatic heterocycles. The lowest BCUT2D eigenvalue weighted by atomic mass is 10.1. The minimum Gasteiger partial charge on any atom is -0.313 e. The van der Waals surface area contributed by atoms with Crippen molar-refractivity contribution in [2.24, 2.45) is 0 Å². The van der Waals surface area contributed by atoms with Crippen LogP contribution in [0.25, 0.3) is 0 Å². The molecule has 1 aliphatic rings. The molecule has 0 radical (unpaired) electrons. The summed E-state index contributed by atoms with van der Waals surface area (Å²) in [7, 11) is -3.32. The van der Waals surface area contributed by atoms with Crippen LogP contribution in [0.2, 0.25) is 0 Å². The monoisotopic (exact) mass is 330 g/mol. The lowest BCUT2D eigenvalue weighted by molar-refractivity contribution is 0.343. The molecule has 1 aliphatic heterocycles. The molecule has 0 spiro atoms. The minimum absolute atomic E-state index is 0.112. The highest BCUT2D eigenvalue weighted by molar-refractivity contribution is 7.91. The van der Waals surface area contributed by atoms with Crippen molar-refractivity contribution in [2.75, 3.05) is 13.1 Å². The van der Waals surface area contributed by atoms with Crippen molar-refractivity contribution in [1.29, 1.82) is 0 Å². The van der Waals surface area contributed by atoms with Gasteiger partial charge in [-0.1, -0.05) is 19.8 Å². The number of rotatable bonds is 6. The molecule has 1 aromatic rings. The average molecular weight is 331 g/mol. The number of hydrogen-bond acceptors (Lipinski definition) is 4. The molecule has 21 heavy (non-hydrogen) atoms. The number of thiophene rings is 1. The third-order valence-corrected chi connectivity index (χ3v) is 7.42. The van der Waals surface area contributed by atoms with Gasteiger partial charge in [-0.25, -0.2) is 8.42 Å². The van der Waals surface area contributed by atoms with Crippen LogP contribution in [0.5, 0.6) is 0 Å². The molecule has 1 saturated heterocycles. The Morgan fingerprint density at radius 3 is 2.95 bits per heavy atom. The van der Waals surface area contributed by atoms with E-state index >= 15 is 0 Å². The Hall–Kier alpha value is -0.430. The number of sulfonamides is 1. The van der Waals surface area contributed by atoms with E-state index in [1.54, 1.807) is 4.31 Å². The zero-order chi connectivity index (χ0) is 15.3. The quantitative estimate of drug-likeness (QED) is 0.815. The molecule has 4 nitrogen and oxygen atoms in total. The molecule has 0 aliphatic carbocycles. The largest absolute Gasteiger partial charge is 0.313 e. The smallest absolute Gasteiger partial charge is 0.252 e. The molecule has 0 saturated carbocycles. The summed E-state index contributed by atoms with van der Waals surface area (Å²) in [6.07, 6.45) is 5.28. The topological polar surface area (TPSA) is 49.4 Å². The van der Waals surface area contributed by atoms with Gasteiger partial charge >= 0.3 is 0 Å². The summed E-state index contributed by atoms with van der Waals surface area (Å²) in [6, 6.07) is 1.95. The van der Waals surface area contributed by atoms with E-state index in [2.05, 4.69) is 12.2 Å². The van der Waals surface area contributed by atoms with Crippen LogP contribution in [0.3, 0.4) is 0 Å². The number of nitrogens with one attached hydrogen (secondary N) is 1. The van der Waals surface area contributed by atoms with Gasteiger partial charge < -0.3 is 5.32 Å². The summed E-state index contributed by atoms with van der Waals surface area (Å²) < 4.78 is 27.8. The first-order chi connectivity index (χ1) is 10.1. The standard InChI is InChI=1S/C15H26N2O2S2/c1-3-8-16-11-14-10-15(20-12-14)21(18,19)17-9-6-4-5-7-13(17)2/h10,12-13,16H,3-9,11H2,1-2H3. The number of nitrogens with zero attached hydrogens (tertiary/aromatic N) is 1. The fraction of sp³-hybridized carbons (Fsp3) is 0.733. The highest BCUT2D eigenvalue weighted by Crippen LogP contribution is 2.28. The van der Waals surface area contributed by atoms with Crippen molar-refractivity contribution >= 4 is 21.4 Å². The second-order valence-electron chi connectivity index (χ2n) is 5.76. The van der Waals surface area contributed by atoms with Gasteiger partial charge in [0, 0.05) is 19.1 Å². The molecule has 0 aromatic carbocycles. The van der Waals surface area contributed by atoms with Gasteiger partial charge in [-0.05, 0) is 49.7 Å². The molecular formula is C15H26N2O2S2. The van der Waals surface area contributed by atoms with E-state index in [0.29, 0.717) is 10.8 Å². The maximum absolute atomic E-state index is 12.8. The Bertz CT molecular complexity index is 540. The highest BCUT2D eigenvalue weighted by atomic mass is 32.2. The Balaban J connectivity index is 2.11. The molecule has 0 bridgehead atoms. The van der Waals surface area contributed by atoms with E-state index < -0.39 is 10.0 Å². The summed E-state index contributed by atoms with van der Waals surface area (Å²) in [6.45, 7) is 6.51. The minimum atomic E-state index is -3.32. The van der Waals surface area contributed by atoms with Gasteiger partial charge in [0.1, 0.15) is 4.21 Å². The van der Waals surface area contributed by atoms with Gasteiger partial charge in [0.2, 0.25) is 0 Å². The van der Waals surface area contributed by atoms with Crippen molar-refractivity contribution in [3.8, 4) is 0 Å². The SMILES string of the molecule is CCCNCc1csc(S(=O)(=O)N2CCCCCC2C)c1. The first-order valence-electron chi connectivity index (χ1n) is 7.85. The summed E-state index contributed by atoms with van der Waals surface area (Å²) in [5.41, 5.74) is 1.06. The molecule has 120 valence electrons. The van der Waals surface area contributed by atoms with Gasteiger partial charge in [-0.15, -0.1) is 11.3 Å². The van der Waals surface area contributed by atoms with Gasteiger partial charge in [0.25, 0.3) is 10.0 Å². The van der Waals surface area contributed by atoms with Gasteiger partial charge in [-0.3, -0.25) is 0 Å². The first-order valence-corrected chi connectivity index (χ1v) is 10.2. The van der Waals surface area contributed by atoms with E-state index in [1.807, 2.05) is 18.4 Å². The molecule has 1 unspecified atom stereocenters. The zero-order valence-electron chi connectivity index (χ0n) is 13.0. The van der Waals surface area contributed by atoms with Crippen molar-refractivity contribution in [3.63, 3.8) is 0 Å². The van der Waals surface area contributed by atoms with Crippen LogP contribution in [0.4, 0.5) is 0 Å². The van der Waals surface area contributed by atoms with Crippen LogP contribution in [0.1, 0.15) is 51.5 Å². The molecule has 2 rings (SSSR count). The molecule has 1 fully saturated rings. The van der Waals surface area contributed by atoms with E-state index in [0.717, 1.165) is 50.8 Å². The van der Waals surface area contributed by atoms with Crippen molar-refractivity contribution in [1.82, 2.24) is 9.62 Å². The van der Waals surface area contributed by atoms with Gasteiger partial charge in [0.15, 0.2) is 0 Å². The second kappa shape index (κ2) is 7.72. The molecule has 0 amide bonds. The van der Waals surface area contributed by atoms with E-state index in [1.165, 1.54) is 11.3 Å².